The lowest BCUT2D eigenvalue weighted by Gasteiger charge is -2.06. The number of aromatic nitrogens is 2. The first kappa shape index (κ1) is 8.82. The van der Waals surface area contributed by atoms with Gasteiger partial charge in [0.2, 0.25) is 0 Å². The summed E-state index contributed by atoms with van der Waals surface area (Å²) in [6, 6.07) is 8.35. The van der Waals surface area contributed by atoms with Gasteiger partial charge in [0.1, 0.15) is 0 Å². The summed E-state index contributed by atoms with van der Waals surface area (Å²) in [6.07, 6.45) is 8.18. The zero-order valence-electron chi connectivity index (χ0n) is 9.13. The fraction of sp³-hybridized carbons (Fsp3) is 0.0714. The molecule has 0 N–H and O–H groups in total. The molecule has 4 rings (SSSR count). The molecule has 0 amide bonds. The van der Waals surface area contributed by atoms with Crippen molar-refractivity contribution in [1.82, 2.24) is 9.72 Å². The fourth-order valence-corrected chi connectivity index (χ4v) is 2.45. The van der Waals surface area contributed by atoms with Crippen molar-refractivity contribution in [2.45, 2.75) is 6.54 Å². The zero-order chi connectivity index (χ0) is 11.2. The Morgan fingerprint density at radius 1 is 1.24 bits per heavy atom. The molecule has 17 heavy (non-hydrogen) atoms. The Morgan fingerprint density at radius 2 is 2.18 bits per heavy atom. The van der Waals surface area contributed by atoms with Crippen molar-refractivity contribution in [2.75, 3.05) is 0 Å². The smallest absolute Gasteiger partial charge is 0.192 e. The molecule has 3 heterocycles. The van der Waals surface area contributed by atoms with Crippen LogP contribution in [-0.2, 0) is 6.54 Å². The summed E-state index contributed by atoms with van der Waals surface area (Å²) >= 11 is 0. The molecule has 0 bridgehead atoms. The van der Waals surface area contributed by atoms with E-state index in [9.17, 15) is 0 Å². The molecular formula is C14H10N2O. The third-order valence-corrected chi connectivity index (χ3v) is 3.21. The van der Waals surface area contributed by atoms with Crippen molar-refractivity contribution < 1.29 is 4.52 Å². The van der Waals surface area contributed by atoms with E-state index in [1.54, 1.807) is 6.20 Å². The van der Waals surface area contributed by atoms with Crippen LogP contribution in [-0.4, -0.2) is 9.72 Å². The van der Waals surface area contributed by atoms with Crippen molar-refractivity contribution in [3.05, 3.63) is 48.3 Å². The Balaban J connectivity index is 2.16. The highest BCUT2D eigenvalue weighted by molar-refractivity contribution is 5.94. The van der Waals surface area contributed by atoms with Crippen molar-refractivity contribution in [1.29, 1.82) is 0 Å². The highest BCUT2D eigenvalue weighted by Crippen LogP contribution is 2.34. The molecular weight excluding hydrogens is 212 g/mol. The minimum atomic E-state index is 0.869. The summed E-state index contributed by atoms with van der Waals surface area (Å²) < 4.78 is 7.58. The van der Waals surface area contributed by atoms with Crippen LogP contribution >= 0.6 is 0 Å². The van der Waals surface area contributed by atoms with Crippen molar-refractivity contribution in [2.24, 2.45) is 0 Å². The lowest BCUT2D eigenvalue weighted by Crippen LogP contribution is -1.94. The molecule has 0 saturated heterocycles. The van der Waals surface area contributed by atoms with Gasteiger partial charge in [-0.3, -0.25) is 0 Å². The van der Waals surface area contributed by atoms with Gasteiger partial charge < -0.3 is 9.09 Å². The second kappa shape index (κ2) is 3.10. The van der Waals surface area contributed by atoms with E-state index < -0.39 is 0 Å². The van der Waals surface area contributed by atoms with Crippen LogP contribution in [0.4, 0.5) is 0 Å². The second-order valence-corrected chi connectivity index (χ2v) is 4.23. The van der Waals surface area contributed by atoms with Gasteiger partial charge in [-0.1, -0.05) is 41.6 Å². The molecule has 1 aromatic carbocycles. The van der Waals surface area contributed by atoms with Crippen LogP contribution in [0.2, 0.25) is 0 Å². The lowest BCUT2D eigenvalue weighted by atomic mass is 10.0. The largest absolute Gasteiger partial charge is 0.354 e. The summed E-state index contributed by atoms with van der Waals surface area (Å²) in [4.78, 5) is 0. The van der Waals surface area contributed by atoms with Crippen LogP contribution in [0.3, 0.4) is 0 Å². The van der Waals surface area contributed by atoms with Gasteiger partial charge in [0.05, 0.1) is 17.3 Å². The first-order valence-electron chi connectivity index (χ1n) is 5.63. The van der Waals surface area contributed by atoms with Crippen LogP contribution in [0.1, 0.15) is 5.56 Å². The summed E-state index contributed by atoms with van der Waals surface area (Å²) in [5.41, 5.74) is 4.43. The molecule has 3 nitrogen and oxygen atoms in total. The number of hydrogen-bond donors (Lipinski definition) is 0. The molecule has 1 aliphatic rings. The summed E-state index contributed by atoms with van der Waals surface area (Å²) in [7, 11) is 0. The van der Waals surface area contributed by atoms with Crippen LogP contribution < -0.4 is 0 Å². The Hall–Kier alpha value is -2.29. The topological polar surface area (TPSA) is 31.0 Å². The van der Waals surface area contributed by atoms with Gasteiger partial charge in [0.15, 0.2) is 5.58 Å². The van der Waals surface area contributed by atoms with Crippen LogP contribution in [0.15, 0.2) is 47.3 Å². The molecule has 0 atom stereocenters. The van der Waals surface area contributed by atoms with Crippen molar-refractivity contribution in [3.8, 4) is 11.3 Å². The molecule has 0 aliphatic carbocycles. The third kappa shape index (κ3) is 1.13. The number of rotatable bonds is 0. The molecule has 3 heteroatoms. The molecule has 82 valence electrons. The predicted octanol–water partition coefficient (Wildman–Crippen LogP) is 3.32. The number of nitrogens with zero attached hydrogens (tertiary/aromatic N) is 2. The van der Waals surface area contributed by atoms with Crippen LogP contribution in [0.5, 0.6) is 0 Å². The molecule has 3 aromatic rings. The van der Waals surface area contributed by atoms with E-state index in [1.807, 2.05) is 0 Å². The Bertz CT molecular complexity index is 734. The Kier molecular flexibility index (Phi) is 1.61. The first-order valence-corrected chi connectivity index (χ1v) is 5.63. The minimum Gasteiger partial charge on any atom is -0.354 e. The lowest BCUT2D eigenvalue weighted by molar-refractivity contribution is 0.456. The standard InChI is InChI=1S/C14H10N2O/c1-2-6-12-10(4-1)5-3-7-16-9-11-8-15-17-14(11)13(12)16/h1-6,8-9H,7H2. The van der Waals surface area contributed by atoms with Crippen molar-refractivity contribution >= 4 is 17.0 Å². The quantitative estimate of drug-likeness (QED) is 0.584. The highest BCUT2D eigenvalue weighted by Gasteiger charge is 2.18. The molecule has 0 unspecified atom stereocenters. The molecule has 0 saturated carbocycles. The first-order chi connectivity index (χ1) is 8.43. The monoisotopic (exact) mass is 222 g/mol. The molecule has 1 aliphatic heterocycles. The van der Waals surface area contributed by atoms with E-state index >= 15 is 0 Å². The van der Waals surface area contributed by atoms with Gasteiger partial charge in [-0.05, 0) is 5.56 Å². The van der Waals surface area contributed by atoms with E-state index in [0.29, 0.717) is 0 Å². The second-order valence-electron chi connectivity index (χ2n) is 4.23. The SMILES string of the molecule is C1=Cc2ccccc2-c2c3oncc3cn2C1. The number of allylic oxidation sites excluding steroid dienone is 1. The average molecular weight is 222 g/mol. The number of hydrogen-bond acceptors (Lipinski definition) is 2. The van der Waals surface area contributed by atoms with Gasteiger partial charge in [-0.2, -0.15) is 0 Å². The fourth-order valence-electron chi connectivity index (χ4n) is 2.45. The summed E-state index contributed by atoms with van der Waals surface area (Å²) in [6.45, 7) is 0.869. The Morgan fingerprint density at radius 3 is 3.18 bits per heavy atom. The van der Waals surface area contributed by atoms with E-state index in [0.717, 1.165) is 23.2 Å². The molecule has 0 radical (unpaired) electrons. The van der Waals surface area contributed by atoms with Gasteiger partial charge >= 0.3 is 0 Å². The van der Waals surface area contributed by atoms with Gasteiger partial charge in [0.25, 0.3) is 0 Å². The maximum atomic E-state index is 5.37. The number of fused-ring (bicyclic) bond motifs is 5. The third-order valence-electron chi connectivity index (χ3n) is 3.21. The van der Waals surface area contributed by atoms with Gasteiger partial charge in [0, 0.05) is 18.3 Å². The van der Waals surface area contributed by atoms with Gasteiger partial charge in [-0.15, -0.1) is 0 Å². The van der Waals surface area contributed by atoms with E-state index in [2.05, 4.69) is 52.3 Å². The van der Waals surface area contributed by atoms with E-state index in [4.69, 9.17) is 4.52 Å². The van der Waals surface area contributed by atoms with Gasteiger partial charge in [-0.25, -0.2) is 0 Å². The molecule has 2 aromatic heterocycles. The molecule has 0 fully saturated rings. The van der Waals surface area contributed by atoms with E-state index in [-0.39, 0.29) is 0 Å². The van der Waals surface area contributed by atoms with Crippen molar-refractivity contribution in [3.63, 3.8) is 0 Å². The summed E-state index contributed by atoms with van der Waals surface area (Å²) in [5, 5.41) is 4.92. The Labute approximate surface area is 98.0 Å². The normalized spacial score (nSPS) is 13.4. The highest BCUT2D eigenvalue weighted by atomic mass is 16.5. The zero-order valence-corrected chi connectivity index (χ0v) is 9.13. The van der Waals surface area contributed by atoms with Crippen LogP contribution in [0, 0.1) is 0 Å². The maximum Gasteiger partial charge on any atom is 0.192 e. The average Bonchev–Trinajstić information content (AvgIpc) is 2.86. The minimum absolute atomic E-state index is 0.869. The summed E-state index contributed by atoms with van der Waals surface area (Å²) in [5.74, 6) is 0. The number of benzene rings is 1. The molecule has 0 spiro atoms. The van der Waals surface area contributed by atoms with Crippen LogP contribution in [0.25, 0.3) is 28.3 Å². The predicted molar refractivity (Wildman–Crippen MR) is 66.5 cm³/mol. The van der Waals surface area contributed by atoms with E-state index in [1.165, 1.54) is 11.1 Å². The maximum absolute atomic E-state index is 5.37.